The van der Waals surface area contributed by atoms with Crippen LogP contribution < -0.4 is 5.32 Å². The fraction of sp³-hybridized carbons (Fsp3) is 1.00. The summed E-state index contributed by atoms with van der Waals surface area (Å²) < 4.78 is 5.95. The Morgan fingerprint density at radius 2 is 2.00 bits per heavy atom. The Labute approximate surface area is 134 Å². The first-order chi connectivity index (χ1) is 10.2. The number of rotatable bonds is 8. The van der Waals surface area contributed by atoms with Crippen molar-refractivity contribution >= 4 is 11.8 Å². The molecule has 2 aliphatic carbocycles. The van der Waals surface area contributed by atoms with Crippen LogP contribution in [-0.2, 0) is 4.74 Å². The Kier molecular flexibility index (Phi) is 7.86. The average Bonchev–Trinajstić information content (AvgIpc) is 2.92. The van der Waals surface area contributed by atoms with Crippen LogP contribution in [-0.4, -0.2) is 47.5 Å². The van der Waals surface area contributed by atoms with E-state index in [4.69, 9.17) is 4.74 Å². The lowest BCUT2D eigenvalue weighted by Crippen LogP contribution is -2.41. The Morgan fingerprint density at radius 3 is 2.76 bits per heavy atom. The van der Waals surface area contributed by atoms with Crippen LogP contribution in [0.4, 0.5) is 0 Å². The molecule has 5 unspecified atom stereocenters. The first-order valence-corrected chi connectivity index (χ1v) is 9.90. The summed E-state index contributed by atoms with van der Waals surface area (Å²) in [6.07, 6.45) is 8.95. The largest absolute Gasteiger partial charge is 0.389 e. The van der Waals surface area contributed by atoms with E-state index in [2.05, 4.69) is 30.9 Å². The molecule has 2 fully saturated rings. The number of thioether (sulfide) groups is 1. The highest BCUT2D eigenvalue weighted by Crippen LogP contribution is 2.30. The van der Waals surface area contributed by atoms with E-state index in [-0.39, 0.29) is 6.10 Å². The van der Waals surface area contributed by atoms with Crippen molar-refractivity contribution in [2.24, 2.45) is 5.92 Å². The van der Waals surface area contributed by atoms with Crippen LogP contribution in [0.1, 0.15) is 58.8 Å². The average molecular weight is 316 g/mol. The van der Waals surface area contributed by atoms with E-state index in [1.54, 1.807) is 0 Å². The molecule has 0 aliphatic heterocycles. The number of hydrogen-bond donors (Lipinski definition) is 2. The molecule has 0 aromatic heterocycles. The van der Waals surface area contributed by atoms with E-state index >= 15 is 0 Å². The molecule has 2 aliphatic rings. The Bertz CT molecular complexity index is 290. The predicted molar refractivity (Wildman–Crippen MR) is 90.9 cm³/mol. The van der Waals surface area contributed by atoms with Crippen molar-refractivity contribution in [3.8, 4) is 0 Å². The minimum absolute atomic E-state index is 0.364. The highest BCUT2D eigenvalue weighted by molar-refractivity contribution is 7.99. The molecular formula is C17H33NO2S. The molecule has 21 heavy (non-hydrogen) atoms. The summed E-state index contributed by atoms with van der Waals surface area (Å²) in [6, 6.07) is 0.582. The molecular weight excluding hydrogens is 282 g/mol. The van der Waals surface area contributed by atoms with Crippen LogP contribution in [0, 0.1) is 5.92 Å². The molecule has 0 spiro atoms. The number of ether oxygens (including phenoxy) is 1. The first-order valence-electron chi connectivity index (χ1n) is 8.85. The predicted octanol–water partition coefficient (Wildman–Crippen LogP) is 3.21. The van der Waals surface area contributed by atoms with E-state index in [0.29, 0.717) is 31.2 Å². The highest BCUT2D eigenvalue weighted by atomic mass is 32.2. The normalized spacial score (nSPS) is 35.0. The van der Waals surface area contributed by atoms with E-state index < -0.39 is 0 Å². The van der Waals surface area contributed by atoms with Gasteiger partial charge in [-0.3, -0.25) is 0 Å². The standard InChI is InChI=1S/C17H33NO2S/c1-3-21-17-10-6-8-15(17)18-11-14(19)12-20-16-9-5-4-7-13(16)2/h13-19H,3-12H2,1-2H3. The molecule has 2 N–H and O–H groups in total. The first kappa shape index (κ1) is 17.6. The topological polar surface area (TPSA) is 41.5 Å². The number of aliphatic hydroxyl groups excluding tert-OH is 1. The lowest BCUT2D eigenvalue weighted by molar-refractivity contribution is -0.0455. The van der Waals surface area contributed by atoms with E-state index in [9.17, 15) is 5.11 Å². The summed E-state index contributed by atoms with van der Waals surface area (Å²) in [6.45, 7) is 5.67. The minimum atomic E-state index is -0.369. The van der Waals surface area contributed by atoms with Crippen molar-refractivity contribution in [1.29, 1.82) is 0 Å². The van der Waals surface area contributed by atoms with Crippen molar-refractivity contribution in [2.75, 3.05) is 18.9 Å². The van der Waals surface area contributed by atoms with Gasteiger partial charge in [0.05, 0.1) is 18.8 Å². The maximum atomic E-state index is 10.1. The van der Waals surface area contributed by atoms with Crippen molar-refractivity contribution in [1.82, 2.24) is 5.32 Å². The highest BCUT2D eigenvalue weighted by Gasteiger charge is 2.27. The summed E-state index contributed by atoms with van der Waals surface area (Å²) in [5.74, 6) is 1.84. The van der Waals surface area contributed by atoms with Gasteiger partial charge in [0.1, 0.15) is 0 Å². The van der Waals surface area contributed by atoms with Gasteiger partial charge in [-0.25, -0.2) is 0 Å². The summed E-state index contributed by atoms with van der Waals surface area (Å²) in [5, 5.41) is 14.5. The zero-order valence-corrected chi connectivity index (χ0v) is 14.5. The molecule has 2 rings (SSSR count). The van der Waals surface area contributed by atoms with Crippen LogP contribution in [0.5, 0.6) is 0 Å². The fourth-order valence-corrected chi connectivity index (χ4v) is 4.91. The van der Waals surface area contributed by atoms with Gasteiger partial charge in [-0.05, 0) is 37.4 Å². The quantitative estimate of drug-likeness (QED) is 0.722. The summed E-state index contributed by atoms with van der Waals surface area (Å²) in [5.41, 5.74) is 0. The lowest BCUT2D eigenvalue weighted by atomic mass is 9.88. The van der Waals surface area contributed by atoms with Gasteiger partial charge in [0.2, 0.25) is 0 Å². The number of aliphatic hydroxyl groups is 1. The third kappa shape index (κ3) is 5.74. The van der Waals surface area contributed by atoms with Crippen molar-refractivity contribution < 1.29 is 9.84 Å². The molecule has 5 atom stereocenters. The molecule has 0 aromatic rings. The van der Waals surface area contributed by atoms with Gasteiger partial charge in [0.25, 0.3) is 0 Å². The van der Waals surface area contributed by atoms with Gasteiger partial charge in [0.15, 0.2) is 0 Å². The van der Waals surface area contributed by atoms with Gasteiger partial charge >= 0.3 is 0 Å². The van der Waals surface area contributed by atoms with E-state index in [1.807, 2.05) is 0 Å². The molecule has 124 valence electrons. The van der Waals surface area contributed by atoms with Crippen molar-refractivity contribution in [3.05, 3.63) is 0 Å². The number of nitrogens with one attached hydrogen (secondary N) is 1. The zero-order chi connectivity index (χ0) is 15.1. The van der Waals surface area contributed by atoms with E-state index in [0.717, 1.165) is 5.25 Å². The smallest absolute Gasteiger partial charge is 0.0897 e. The Morgan fingerprint density at radius 1 is 1.19 bits per heavy atom. The van der Waals surface area contributed by atoms with Gasteiger partial charge < -0.3 is 15.2 Å². The fourth-order valence-electron chi connectivity index (χ4n) is 3.68. The van der Waals surface area contributed by atoms with Crippen LogP contribution in [0.25, 0.3) is 0 Å². The van der Waals surface area contributed by atoms with E-state index in [1.165, 1.54) is 50.7 Å². The molecule has 0 aromatic carbocycles. The maximum absolute atomic E-state index is 10.1. The van der Waals surface area contributed by atoms with Crippen LogP contribution >= 0.6 is 11.8 Å². The van der Waals surface area contributed by atoms with Crippen molar-refractivity contribution in [3.63, 3.8) is 0 Å². The molecule has 4 heteroatoms. The van der Waals surface area contributed by atoms with Crippen molar-refractivity contribution in [2.45, 2.75) is 82.3 Å². The molecule has 0 amide bonds. The monoisotopic (exact) mass is 315 g/mol. The van der Waals surface area contributed by atoms with Crippen LogP contribution in [0.15, 0.2) is 0 Å². The second-order valence-corrected chi connectivity index (χ2v) is 8.24. The Hall–Kier alpha value is 0.230. The zero-order valence-electron chi connectivity index (χ0n) is 13.7. The molecule has 0 radical (unpaired) electrons. The molecule has 2 saturated carbocycles. The minimum Gasteiger partial charge on any atom is -0.389 e. The SMILES string of the molecule is CCSC1CCCC1NCC(O)COC1CCCCC1C. The third-order valence-corrected chi connectivity index (χ3v) is 6.31. The lowest BCUT2D eigenvalue weighted by Gasteiger charge is -2.30. The Balaban J connectivity index is 1.61. The van der Waals surface area contributed by atoms with Gasteiger partial charge in [-0.1, -0.05) is 33.1 Å². The number of hydrogen-bond acceptors (Lipinski definition) is 4. The van der Waals surface area contributed by atoms with Crippen LogP contribution in [0.2, 0.25) is 0 Å². The molecule has 3 nitrogen and oxygen atoms in total. The van der Waals surface area contributed by atoms with Gasteiger partial charge in [0, 0.05) is 17.8 Å². The second-order valence-electron chi connectivity index (χ2n) is 6.73. The summed E-state index contributed by atoms with van der Waals surface area (Å²) in [4.78, 5) is 0. The second kappa shape index (κ2) is 9.39. The van der Waals surface area contributed by atoms with Gasteiger partial charge in [-0.2, -0.15) is 11.8 Å². The van der Waals surface area contributed by atoms with Gasteiger partial charge in [-0.15, -0.1) is 0 Å². The third-order valence-electron chi connectivity index (χ3n) is 4.98. The van der Waals surface area contributed by atoms with Crippen LogP contribution in [0.3, 0.4) is 0 Å². The summed E-state index contributed by atoms with van der Waals surface area (Å²) >= 11 is 2.06. The molecule has 0 saturated heterocycles. The summed E-state index contributed by atoms with van der Waals surface area (Å²) in [7, 11) is 0. The molecule has 0 bridgehead atoms. The maximum Gasteiger partial charge on any atom is 0.0897 e. The molecule has 0 heterocycles.